The number of benzene rings is 1. The van der Waals surface area contributed by atoms with E-state index in [0.29, 0.717) is 5.41 Å². The molecule has 5 aliphatic rings. The van der Waals surface area contributed by atoms with Crippen LogP contribution in [0.15, 0.2) is 24.3 Å². The molecule has 0 atom stereocenters. The van der Waals surface area contributed by atoms with Gasteiger partial charge in [0.15, 0.2) is 6.61 Å². The van der Waals surface area contributed by atoms with Gasteiger partial charge in [0, 0.05) is 26.2 Å². The third kappa shape index (κ3) is 3.78. The number of carbonyl (C=O) groups excluding carboxylic acids is 1. The zero-order valence-corrected chi connectivity index (χ0v) is 17.8. The highest BCUT2D eigenvalue weighted by Crippen LogP contribution is 2.60. The zero-order valence-electron chi connectivity index (χ0n) is 16.9. The predicted molar refractivity (Wildman–Crippen MR) is 113 cm³/mol. The van der Waals surface area contributed by atoms with Gasteiger partial charge < -0.3 is 14.5 Å². The summed E-state index contributed by atoms with van der Waals surface area (Å²) >= 11 is 0. The summed E-state index contributed by atoms with van der Waals surface area (Å²) in [4.78, 5) is 16.5. The fourth-order valence-electron chi connectivity index (χ4n) is 6.66. The highest BCUT2D eigenvalue weighted by atomic mass is 35.5. The summed E-state index contributed by atoms with van der Waals surface area (Å²) in [5.41, 5.74) is 1.95. The molecule has 1 heterocycles. The second-order valence-corrected chi connectivity index (χ2v) is 9.70. The van der Waals surface area contributed by atoms with E-state index in [0.717, 1.165) is 49.7 Å². The number of nitrogens with zero attached hydrogens (tertiary/aromatic N) is 2. The molecule has 0 N–H and O–H groups in total. The quantitative estimate of drug-likeness (QED) is 0.766. The number of hydrogen-bond acceptors (Lipinski definition) is 3. The topological polar surface area (TPSA) is 32.8 Å². The average molecular weight is 405 g/mol. The molecule has 5 heteroatoms. The number of ether oxygens (including phenoxy) is 1. The first-order chi connectivity index (χ1) is 13.1. The lowest BCUT2D eigenvalue weighted by Crippen LogP contribution is -2.48. The maximum atomic E-state index is 12.4. The molecule has 0 spiro atoms. The summed E-state index contributed by atoms with van der Waals surface area (Å²) in [5, 5.41) is 0. The number of carbonyl (C=O) groups is 1. The van der Waals surface area contributed by atoms with Crippen molar-refractivity contribution in [1.82, 2.24) is 9.80 Å². The van der Waals surface area contributed by atoms with Crippen molar-refractivity contribution >= 4 is 18.3 Å². The van der Waals surface area contributed by atoms with E-state index in [-0.39, 0.29) is 24.9 Å². The second-order valence-electron chi connectivity index (χ2n) is 9.70. The van der Waals surface area contributed by atoms with Crippen molar-refractivity contribution in [2.45, 2.75) is 43.9 Å². The second kappa shape index (κ2) is 7.87. The fourth-order valence-corrected chi connectivity index (χ4v) is 6.66. The van der Waals surface area contributed by atoms with Crippen LogP contribution in [-0.4, -0.2) is 55.5 Å². The lowest BCUT2D eigenvalue weighted by Gasteiger charge is -2.57. The number of hydrogen-bond donors (Lipinski definition) is 0. The first-order valence-corrected chi connectivity index (χ1v) is 10.8. The molecular formula is C23H33ClN2O2. The summed E-state index contributed by atoms with van der Waals surface area (Å²) < 4.78 is 5.82. The van der Waals surface area contributed by atoms with Gasteiger partial charge in [-0.2, -0.15) is 0 Å². The summed E-state index contributed by atoms with van der Waals surface area (Å²) in [6, 6.07) is 8.74. The minimum atomic E-state index is 0. The molecule has 6 rings (SSSR count). The highest BCUT2D eigenvalue weighted by Gasteiger charge is 2.51. The maximum absolute atomic E-state index is 12.4. The average Bonchev–Trinajstić information content (AvgIpc) is 2.66. The first-order valence-electron chi connectivity index (χ1n) is 10.8. The van der Waals surface area contributed by atoms with E-state index >= 15 is 0 Å². The van der Waals surface area contributed by atoms with Crippen LogP contribution in [-0.2, 0) is 10.2 Å². The van der Waals surface area contributed by atoms with Crippen molar-refractivity contribution in [3.63, 3.8) is 0 Å². The van der Waals surface area contributed by atoms with E-state index in [4.69, 9.17) is 4.74 Å². The van der Waals surface area contributed by atoms with Crippen LogP contribution in [0.1, 0.15) is 44.1 Å². The van der Waals surface area contributed by atoms with E-state index in [1.54, 1.807) is 0 Å². The first kappa shape index (κ1) is 20.0. The molecule has 1 saturated heterocycles. The van der Waals surface area contributed by atoms with Crippen molar-refractivity contribution in [3.05, 3.63) is 29.8 Å². The van der Waals surface area contributed by atoms with Crippen LogP contribution in [0.3, 0.4) is 0 Å². The third-order valence-corrected chi connectivity index (χ3v) is 7.72. The number of amides is 1. The van der Waals surface area contributed by atoms with Crippen LogP contribution < -0.4 is 4.74 Å². The van der Waals surface area contributed by atoms with Gasteiger partial charge in [0.25, 0.3) is 5.91 Å². The molecular weight excluding hydrogens is 372 g/mol. The largest absolute Gasteiger partial charge is 0.484 e. The van der Waals surface area contributed by atoms with Crippen molar-refractivity contribution < 1.29 is 9.53 Å². The van der Waals surface area contributed by atoms with Crippen LogP contribution >= 0.6 is 12.4 Å². The fraction of sp³-hybridized carbons (Fsp3) is 0.696. The monoisotopic (exact) mass is 404 g/mol. The zero-order chi connectivity index (χ0) is 18.4. The van der Waals surface area contributed by atoms with E-state index < -0.39 is 0 Å². The van der Waals surface area contributed by atoms with E-state index in [9.17, 15) is 4.79 Å². The van der Waals surface area contributed by atoms with E-state index in [1.165, 1.54) is 44.1 Å². The Kier molecular flexibility index (Phi) is 5.63. The molecule has 1 aliphatic heterocycles. The van der Waals surface area contributed by atoms with Gasteiger partial charge >= 0.3 is 0 Å². The molecule has 1 aromatic rings. The number of rotatable bonds is 4. The standard InChI is InChI=1S/C23H32N2O2.ClH/c1-24-6-8-25(9-7-24)22(26)16-27-21-4-2-20(3-5-21)23-13-17-10-18(14-23)12-19(11-17)15-23;/h2-5,17-19H,6-16H2,1H3;1H. The van der Waals surface area contributed by atoms with Gasteiger partial charge in [-0.1, -0.05) is 12.1 Å². The van der Waals surface area contributed by atoms with Crippen LogP contribution in [0.4, 0.5) is 0 Å². The third-order valence-electron chi connectivity index (χ3n) is 7.72. The minimum Gasteiger partial charge on any atom is -0.484 e. The number of piperazine rings is 1. The molecule has 1 aromatic carbocycles. The SMILES string of the molecule is CN1CCN(C(=O)COc2ccc(C34CC5CC(CC(C5)C3)C4)cc2)CC1.Cl. The molecule has 28 heavy (non-hydrogen) atoms. The molecule has 4 bridgehead atoms. The minimum absolute atomic E-state index is 0. The van der Waals surface area contributed by atoms with Crippen LogP contribution in [0.25, 0.3) is 0 Å². The Bertz CT molecular complexity index is 662. The normalized spacial score (nSPS) is 34.2. The Morgan fingerprint density at radius 2 is 1.50 bits per heavy atom. The molecule has 4 aliphatic carbocycles. The molecule has 0 radical (unpaired) electrons. The Balaban J connectivity index is 0.00000192. The van der Waals surface area contributed by atoms with Gasteiger partial charge in [-0.25, -0.2) is 0 Å². The number of halogens is 1. The van der Waals surface area contributed by atoms with Crippen molar-refractivity contribution in [3.8, 4) is 5.75 Å². The molecule has 4 saturated carbocycles. The lowest BCUT2D eigenvalue weighted by atomic mass is 9.48. The van der Waals surface area contributed by atoms with E-state index in [2.05, 4.69) is 36.2 Å². The predicted octanol–water partition coefficient (Wildman–Crippen LogP) is 3.73. The van der Waals surface area contributed by atoms with Crippen LogP contribution in [0, 0.1) is 17.8 Å². The molecule has 154 valence electrons. The van der Waals surface area contributed by atoms with Gasteiger partial charge in [0.2, 0.25) is 0 Å². The summed E-state index contributed by atoms with van der Waals surface area (Å²) in [7, 11) is 2.10. The Labute approximate surface area is 175 Å². The molecule has 5 fully saturated rings. The molecule has 1 amide bonds. The lowest BCUT2D eigenvalue weighted by molar-refractivity contribution is -0.134. The van der Waals surface area contributed by atoms with Gasteiger partial charge in [0.05, 0.1) is 0 Å². The van der Waals surface area contributed by atoms with Crippen LogP contribution in [0.2, 0.25) is 0 Å². The Hall–Kier alpha value is -1.26. The van der Waals surface area contributed by atoms with Crippen molar-refractivity contribution in [1.29, 1.82) is 0 Å². The smallest absolute Gasteiger partial charge is 0.260 e. The number of likely N-dealkylation sites (N-methyl/N-ethyl adjacent to an activating group) is 1. The summed E-state index contributed by atoms with van der Waals surface area (Å²) in [6.07, 6.45) is 8.61. The summed E-state index contributed by atoms with van der Waals surface area (Å²) in [6.45, 7) is 3.67. The highest BCUT2D eigenvalue weighted by molar-refractivity contribution is 5.85. The molecule has 0 aromatic heterocycles. The van der Waals surface area contributed by atoms with Gasteiger partial charge in [0.1, 0.15) is 5.75 Å². The molecule has 0 unspecified atom stereocenters. The van der Waals surface area contributed by atoms with Crippen molar-refractivity contribution in [2.24, 2.45) is 17.8 Å². The van der Waals surface area contributed by atoms with Gasteiger partial charge in [-0.3, -0.25) is 4.79 Å². The van der Waals surface area contributed by atoms with Gasteiger partial charge in [-0.05, 0) is 86.4 Å². The van der Waals surface area contributed by atoms with Crippen molar-refractivity contribution in [2.75, 3.05) is 39.8 Å². The molecule has 4 nitrogen and oxygen atoms in total. The summed E-state index contributed by atoms with van der Waals surface area (Å²) in [5.74, 6) is 3.83. The van der Waals surface area contributed by atoms with Gasteiger partial charge in [-0.15, -0.1) is 12.4 Å². The van der Waals surface area contributed by atoms with E-state index in [1.807, 2.05) is 4.90 Å². The maximum Gasteiger partial charge on any atom is 0.260 e. The van der Waals surface area contributed by atoms with Crippen LogP contribution in [0.5, 0.6) is 5.75 Å². The Morgan fingerprint density at radius 3 is 2.04 bits per heavy atom. The Morgan fingerprint density at radius 1 is 0.964 bits per heavy atom.